The topological polar surface area (TPSA) is 110 Å². The van der Waals surface area contributed by atoms with Crippen LogP contribution in [0.2, 0.25) is 0 Å². The van der Waals surface area contributed by atoms with E-state index in [4.69, 9.17) is 19.8 Å². The third kappa shape index (κ3) is 8.76. The quantitative estimate of drug-likeness (QED) is 0.525. The van der Waals surface area contributed by atoms with Gasteiger partial charge in [0, 0.05) is 42.5 Å². The van der Waals surface area contributed by atoms with Crippen LogP contribution in [-0.4, -0.2) is 89.5 Å². The molecule has 2 saturated heterocycles. The normalized spacial score (nSPS) is 22.7. The number of nitrogens with one attached hydrogen (secondary N) is 1. The van der Waals surface area contributed by atoms with Crippen LogP contribution in [0, 0.1) is 12.8 Å². The molecule has 2 fully saturated rings. The number of alkyl halides is 6. The van der Waals surface area contributed by atoms with E-state index < -0.39 is 24.3 Å². The van der Waals surface area contributed by atoms with Gasteiger partial charge in [-0.3, -0.25) is 14.6 Å². The predicted molar refractivity (Wildman–Crippen MR) is 109 cm³/mol. The fraction of sp³-hybridized carbons (Fsp3) is 0.632. The van der Waals surface area contributed by atoms with Crippen LogP contribution in [0.3, 0.4) is 0 Å². The molecule has 3 heterocycles. The Morgan fingerprint density at radius 2 is 1.56 bits per heavy atom. The number of aliphatic carboxylic acids is 2. The zero-order chi connectivity index (χ0) is 26.4. The summed E-state index contributed by atoms with van der Waals surface area (Å²) in [5, 5.41) is 17.0. The minimum absolute atomic E-state index is 0.0705. The largest absolute Gasteiger partial charge is 0.490 e. The summed E-state index contributed by atoms with van der Waals surface area (Å²) < 4.78 is 63.5. The van der Waals surface area contributed by atoms with Crippen LogP contribution in [0.5, 0.6) is 0 Å². The predicted octanol–water partition coefficient (Wildman–Crippen LogP) is 2.57. The van der Waals surface area contributed by atoms with Crippen LogP contribution < -0.4 is 5.32 Å². The van der Waals surface area contributed by atoms with Gasteiger partial charge < -0.3 is 15.5 Å². The number of likely N-dealkylation sites (tertiary alicyclic amines) is 2. The maximum absolute atomic E-state index is 11.9. The summed E-state index contributed by atoms with van der Waals surface area (Å²) >= 11 is 1.89. The fourth-order valence-corrected chi connectivity index (χ4v) is 4.63. The maximum atomic E-state index is 11.9. The number of halogens is 6. The second-order valence-electron chi connectivity index (χ2n) is 7.67. The number of hydrogen-bond acceptors (Lipinski definition) is 6. The monoisotopic (exact) mass is 521 g/mol. The molecule has 0 aromatic carbocycles. The van der Waals surface area contributed by atoms with Gasteiger partial charge in [-0.15, -0.1) is 11.3 Å². The van der Waals surface area contributed by atoms with E-state index in [9.17, 15) is 31.1 Å². The molecule has 1 amide bonds. The molecule has 0 aliphatic carbocycles. The molecule has 0 bridgehead atoms. The number of hydrogen-bond donors (Lipinski definition) is 3. The van der Waals surface area contributed by atoms with Crippen molar-refractivity contribution >= 4 is 29.2 Å². The molecule has 194 valence electrons. The number of rotatable bonds is 3. The van der Waals surface area contributed by atoms with Gasteiger partial charge in [0.15, 0.2) is 0 Å². The Bertz CT molecular complexity index is 836. The molecule has 3 atom stereocenters. The Kier molecular flexibility index (Phi) is 10.3. The van der Waals surface area contributed by atoms with Gasteiger partial charge in [0.25, 0.3) is 0 Å². The van der Waals surface area contributed by atoms with Crippen molar-refractivity contribution in [3.63, 3.8) is 0 Å². The highest BCUT2D eigenvalue weighted by molar-refractivity contribution is 7.11. The Hall–Kier alpha value is -2.39. The van der Waals surface area contributed by atoms with E-state index in [1.54, 1.807) is 7.05 Å². The molecule has 1 aromatic rings. The van der Waals surface area contributed by atoms with E-state index in [0.717, 1.165) is 26.1 Å². The van der Waals surface area contributed by atoms with Gasteiger partial charge in [-0.1, -0.05) is 0 Å². The van der Waals surface area contributed by atoms with E-state index in [0.29, 0.717) is 12.0 Å². The number of likely N-dealkylation sites (N-methyl/N-ethyl adjacent to an activating group) is 2. The molecule has 0 unspecified atom stereocenters. The molecular weight excluding hydrogens is 496 g/mol. The average Bonchev–Trinajstić information content (AvgIpc) is 3.37. The minimum atomic E-state index is -5.08. The number of aryl methyl sites for hydroxylation is 1. The molecule has 1 aromatic heterocycles. The summed E-state index contributed by atoms with van der Waals surface area (Å²) in [4.78, 5) is 37.3. The average molecular weight is 521 g/mol. The Labute approximate surface area is 195 Å². The van der Waals surface area contributed by atoms with Crippen molar-refractivity contribution in [3.8, 4) is 0 Å². The molecule has 0 radical (unpaired) electrons. The molecule has 15 heteroatoms. The molecule has 3 N–H and O–H groups in total. The molecule has 2 aliphatic rings. The van der Waals surface area contributed by atoms with E-state index in [1.807, 2.05) is 11.3 Å². The first kappa shape index (κ1) is 29.6. The SMILES string of the molecule is CNC(=O)[C@@H]1C[C@H]2CN(Cc3ccc(C)s3)C[C@H]2N1C.O=C(O)C(F)(F)F.O=C(O)C(F)(F)F. The maximum Gasteiger partial charge on any atom is 0.490 e. The van der Waals surface area contributed by atoms with E-state index in [2.05, 4.69) is 41.2 Å². The summed E-state index contributed by atoms with van der Waals surface area (Å²) in [6.45, 7) is 5.43. The van der Waals surface area contributed by atoms with Crippen molar-refractivity contribution in [1.82, 2.24) is 15.1 Å². The van der Waals surface area contributed by atoms with Gasteiger partial charge in [-0.05, 0) is 38.4 Å². The molecule has 0 spiro atoms. The van der Waals surface area contributed by atoms with Crippen molar-refractivity contribution in [2.24, 2.45) is 5.92 Å². The highest BCUT2D eigenvalue weighted by atomic mass is 32.1. The highest BCUT2D eigenvalue weighted by Crippen LogP contribution is 2.35. The second-order valence-corrected chi connectivity index (χ2v) is 9.04. The second kappa shape index (κ2) is 11.8. The molecule has 8 nitrogen and oxygen atoms in total. The summed E-state index contributed by atoms with van der Waals surface area (Å²) in [6.07, 6.45) is -9.17. The Morgan fingerprint density at radius 3 is 1.91 bits per heavy atom. The highest BCUT2D eigenvalue weighted by Gasteiger charge is 2.46. The Morgan fingerprint density at radius 1 is 1.06 bits per heavy atom. The first-order valence-corrected chi connectivity index (χ1v) is 10.6. The molecular formula is C19H25F6N3O5S. The first-order valence-electron chi connectivity index (χ1n) is 9.78. The zero-order valence-electron chi connectivity index (χ0n) is 18.4. The van der Waals surface area contributed by atoms with Gasteiger partial charge in [0.05, 0.1) is 6.04 Å². The summed E-state index contributed by atoms with van der Waals surface area (Å²) in [7, 11) is 3.83. The van der Waals surface area contributed by atoms with Gasteiger partial charge >= 0.3 is 24.3 Å². The third-order valence-electron chi connectivity index (χ3n) is 5.23. The van der Waals surface area contributed by atoms with Gasteiger partial charge in [-0.2, -0.15) is 26.3 Å². The minimum Gasteiger partial charge on any atom is -0.475 e. The summed E-state index contributed by atoms with van der Waals surface area (Å²) in [6, 6.07) is 5.05. The van der Waals surface area contributed by atoms with Crippen molar-refractivity contribution in [1.29, 1.82) is 0 Å². The van der Waals surface area contributed by atoms with E-state index >= 15 is 0 Å². The van der Waals surface area contributed by atoms with Gasteiger partial charge in [0.1, 0.15) is 0 Å². The van der Waals surface area contributed by atoms with Crippen LogP contribution >= 0.6 is 11.3 Å². The molecule has 34 heavy (non-hydrogen) atoms. The van der Waals surface area contributed by atoms with Crippen LogP contribution in [0.25, 0.3) is 0 Å². The lowest BCUT2D eigenvalue weighted by atomic mass is 10.0. The van der Waals surface area contributed by atoms with E-state index in [1.165, 1.54) is 9.75 Å². The van der Waals surface area contributed by atoms with Crippen LogP contribution in [0.15, 0.2) is 12.1 Å². The van der Waals surface area contributed by atoms with Crippen LogP contribution in [0.1, 0.15) is 16.2 Å². The zero-order valence-corrected chi connectivity index (χ0v) is 19.2. The van der Waals surface area contributed by atoms with Crippen LogP contribution in [-0.2, 0) is 20.9 Å². The van der Waals surface area contributed by atoms with Crippen molar-refractivity contribution < 1.29 is 50.9 Å². The lowest BCUT2D eigenvalue weighted by molar-refractivity contribution is -0.193. The summed E-state index contributed by atoms with van der Waals surface area (Å²) in [5.74, 6) is -4.70. The van der Waals surface area contributed by atoms with E-state index in [-0.39, 0.29) is 11.9 Å². The number of carbonyl (C=O) groups excluding carboxylic acids is 1. The molecule has 2 aliphatic heterocycles. The summed E-state index contributed by atoms with van der Waals surface area (Å²) in [5.41, 5.74) is 0. The number of carboxylic acids is 2. The van der Waals surface area contributed by atoms with Crippen molar-refractivity contribution in [3.05, 3.63) is 21.9 Å². The number of carboxylic acid groups (broad SMARTS) is 2. The number of carbonyl (C=O) groups is 3. The number of nitrogens with zero attached hydrogens (tertiary/aromatic N) is 2. The number of amides is 1. The Balaban J connectivity index is 0.000000343. The lowest BCUT2D eigenvalue weighted by Gasteiger charge is -2.25. The smallest absolute Gasteiger partial charge is 0.475 e. The third-order valence-corrected chi connectivity index (χ3v) is 6.22. The van der Waals surface area contributed by atoms with Crippen LogP contribution in [0.4, 0.5) is 26.3 Å². The van der Waals surface area contributed by atoms with Gasteiger partial charge in [0.2, 0.25) is 5.91 Å². The lowest BCUT2D eigenvalue weighted by Crippen LogP contribution is -2.44. The molecule has 3 rings (SSSR count). The number of fused-ring (bicyclic) bond motifs is 1. The fourth-order valence-electron chi connectivity index (χ4n) is 3.70. The van der Waals surface area contributed by atoms with Crippen molar-refractivity contribution in [2.45, 2.75) is 44.3 Å². The standard InChI is InChI=1S/C15H23N3OS.2C2HF3O2/c1-10-4-5-12(20-10)8-18-7-11-6-13(15(19)16-2)17(3)14(11)9-18;2*3-2(4,5)1(6)7/h4-5,11,13-14H,6-9H2,1-3H3,(H,16,19);2*(H,6,7)/t11-,13-,14+;;/m0../s1. The molecule has 0 saturated carbocycles. The first-order chi connectivity index (χ1) is 15.5. The number of thiophene rings is 1. The van der Waals surface area contributed by atoms with Gasteiger partial charge in [-0.25, -0.2) is 9.59 Å². The van der Waals surface area contributed by atoms with Crippen molar-refractivity contribution in [2.75, 3.05) is 27.2 Å².